The van der Waals surface area contributed by atoms with E-state index >= 15 is 0 Å². The van der Waals surface area contributed by atoms with Crippen LogP contribution in [0.15, 0.2) is 12.3 Å². The van der Waals surface area contributed by atoms with Gasteiger partial charge < -0.3 is 10.6 Å². The van der Waals surface area contributed by atoms with Crippen LogP contribution in [0.4, 0.5) is 18.9 Å². The predicted molar refractivity (Wildman–Crippen MR) is 77.7 cm³/mol. The number of aromatic nitrogens is 1. The maximum atomic E-state index is 12.8. The first-order valence-electron chi connectivity index (χ1n) is 7.12. The van der Waals surface area contributed by atoms with E-state index in [1.54, 1.807) is 0 Å². The first-order valence-corrected chi connectivity index (χ1v) is 7.50. The van der Waals surface area contributed by atoms with E-state index in [0.29, 0.717) is 25.7 Å². The quantitative estimate of drug-likeness (QED) is 0.618. The van der Waals surface area contributed by atoms with Crippen molar-refractivity contribution in [2.75, 3.05) is 18.4 Å². The highest BCUT2D eigenvalue weighted by atomic mass is 35.5. The summed E-state index contributed by atoms with van der Waals surface area (Å²) in [4.78, 5) is 15.0. The van der Waals surface area contributed by atoms with Crippen molar-refractivity contribution in [2.45, 2.75) is 31.9 Å². The lowest BCUT2D eigenvalue weighted by Crippen LogP contribution is -2.35. The van der Waals surface area contributed by atoms with Crippen molar-refractivity contribution in [1.29, 1.82) is 0 Å². The Labute approximate surface area is 131 Å². The van der Waals surface area contributed by atoms with Gasteiger partial charge in [0.25, 0.3) is 0 Å². The van der Waals surface area contributed by atoms with Crippen LogP contribution in [-0.4, -0.2) is 24.0 Å². The fraction of sp³-hybridized carbons (Fsp3) is 0.571. The Hall–Kier alpha value is -1.50. The van der Waals surface area contributed by atoms with E-state index in [1.807, 2.05) is 0 Å². The number of rotatable bonds is 6. The monoisotopic (exact) mass is 335 g/mol. The van der Waals surface area contributed by atoms with Crippen molar-refractivity contribution in [2.24, 2.45) is 5.92 Å². The Morgan fingerprint density at radius 3 is 2.68 bits per heavy atom. The van der Waals surface area contributed by atoms with E-state index in [1.165, 1.54) is 0 Å². The van der Waals surface area contributed by atoms with Gasteiger partial charge in [-0.1, -0.05) is 18.0 Å². The average Bonchev–Trinajstić information content (AvgIpc) is 2.34. The molecular weight excluding hydrogens is 319 g/mol. The standard InChI is InChI=1S/C14H17ClF3N3O/c15-12-7-11(10(8-21-12)14(16,17)18)19-5-2-6-20-13(22)9-3-1-4-9/h7-9H,1-6H2,(H,19,21)(H,20,22). The largest absolute Gasteiger partial charge is 0.419 e. The first kappa shape index (κ1) is 16.9. The van der Waals surface area contributed by atoms with Gasteiger partial charge in [0.2, 0.25) is 5.91 Å². The number of carbonyl (C=O) groups is 1. The van der Waals surface area contributed by atoms with Crippen LogP contribution in [-0.2, 0) is 11.0 Å². The lowest BCUT2D eigenvalue weighted by molar-refractivity contribution is -0.137. The van der Waals surface area contributed by atoms with Gasteiger partial charge in [0.1, 0.15) is 5.15 Å². The molecule has 1 heterocycles. The molecule has 22 heavy (non-hydrogen) atoms. The minimum atomic E-state index is -4.49. The van der Waals surface area contributed by atoms with Gasteiger partial charge >= 0.3 is 6.18 Å². The van der Waals surface area contributed by atoms with Gasteiger partial charge in [-0.2, -0.15) is 13.2 Å². The van der Waals surface area contributed by atoms with Crippen LogP contribution in [0.25, 0.3) is 0 Å². The highest BCUT2D eigenvalue weighted by Crippen LogP contribution is 2.35. The second-order valence-electron chi connectivity index (χ2n) is 5.25. The molecule has 1 amide bonds. The number of alkyl halides is 3. The molecule has 1 fully saturated rings. The minimum absolute atomic E-state index is 0.00575. The molecule has 122 valence electrons. The molecule has 2 rings (SSSR count). The summed E-state index contributed by atoms with van der Waals surface area (Å²) in [5.41, 5.74) is -0.951. The summed E-state index contributed by atoms with van der Waals surface area (Å²) >= 11 is 5.63. The SMILES string of the molecule is O=C(NCCCNc1cc(Cl)ncc1C(F)(F)F)C1CCC1. The van der Waals surface area contributed by atoms with E-state index in [4.69, 9.17) is 11.6 Å². The summed E-state index contributed by atoms with van der Waals surface area (Å²) in [6.45, 7) is 0.733. The number of nitrogens with zero attached hydrogens (tertiary/aromatic N) is 1. The Kier molecular flexibility index (Phi) is 5.50. The van der Waals surface area contributed by atoms with Crippen molar-refractivity contribution in [3.05, 3.63) is 23.0 Å². The van der Waals surface area contributed by atoms with Crippen molar-refractivity contribution < 1.29 is 18.0 Å². The number of hydrogen-bond acceptors (Lipinski definition) is 3. The molecule has 1 aromatic rings. The minimum Gasteiger partial charge on any atom is -0.384 e. The van der Waals surface area contributed by atoms with Gasteiger partial charge in [-0.05, 0) is 25.3 Å². The van der Waals surface area contributed by atoms with E-state index < -0.39 is 11.7 Å². The number of pyridine rings is 1. The van der Waals surface area contributed by atoms with E-state index in [9.17, 15) is 18.0 Å². The third-order valence-electron chi connectivity index (χ3n) is 3.62. The Morgan fingerprint density at radius 1 is 1.36 bits per heavy atom. The lowest BCUT2D eigenvalue weighted by Gasteiger charge is -2.24. The summed E-state index contributed by atoms with van der Waals surface area (Å²) in [5, 5.41) is 5.48. The van der Waals surface area contributed by atoms with Gasteiger partial charge in [-0.25, -0.2) is 4.98 Å². The summed E-state index contributed by atoms with van der Waals surface area (Å²) < 4.78 is 38.4. The molecule has 0 unspecified atom stereocenters. The van der Waals surface area contributed by atoms with Crippen molar-refractivity contribution in [3.63, 3.8) is 0 Å². The van der Waals surface area contributed by atoms with Crippen LogP contribution in [0.3, 0.4) is 0 Å². The van der Waals surface area contributed by atoms with Crippen LogP contribution in [0, 0.1) is 5.92 Å². The molecule has 0 spiro atoms. The molecule has 0 aromatic carbocycles. The molecule has 0 bridgehead atoms. The lowest BCUT2D eigenvalue weighted by atomic mass is 9.85. The maximum absolute atomic E-state index is 12.8. The van der Waals surface area contributed by atoms with Crippen molar-refractivity contribution in [3.8, 4) is 0 Å². The van der Waals surface area contributed by atoms with Gasteiger partial charge in [-0.3, -0.25) is 4.79 Å². The van der Waals surface area contributed by atoms with Crippen LogP contribution >= 0.6 is 11.6 Å². The Morgan fingerprint density at radius 2 is 2.09 bits per heavy atom. The van der Waals surface area contributed by atoms with Crippen LogP contribution in [0.5, 0.6) is 0 Å². The Bertz CT molecular complexity index is 533. The van der Waals surface area contributed by atoms with Gasteiger partial charge in [-0.15, -0.1) is 0 Å². The smallest absolute Gasteiger partial charge is 0.384 e. The fourth-order valence-corrected chi connectivity index (χ4v) is 2.30. The number of anilines is 1. The molecule has 1 saturated carbocycles. The van der Waals surface area contributed by atoms with Crippen molar-refractivity contribution in [1.82, 2.24) is 10.3 Å². The van der Waals surface area contributed by atoms with E-state index in [-0.39, 0.29) is 22.7 Å². The Balaban J connectivity index is 1.78. The van der Waals surface area contributed by atoms with Gasteiger partial charge in [0.05, 0.1) is 11.3 Å². The molecular formula is C14H17ClF3N3O. The zero-order chi connectivity index (χ0) is 16.2. The summed E-state index contributed by atoms with van der Waals surface area (Å²) in [5.74, 6) is 0.151. The summed E-state index contributed by atoms with van der Waals surface area (Å²) in [6.07, 6.45) is -0.317. The zero-order valence-electron chi connectivity index (χ0n) is 11.8. The highest BCUT2D eigenvalue weighted by molar-refractivity contribution is 6.29. The third-order valence-corrected chi connectivity index (χ3v) is 3.83. The highest BCUT2D eigenvalue weighted by Gasteiger charge is 2.34. The normalized spacial score (nSPS) is 15.3. The number of halogens is 4. The van der Waals surface area contributed by atoms with Gasteiger partial charge in [0.15, 0.2) is 0 Å². The fourth-order valence-electron chi connectivity index (χ4n) is 2.14. The second kappa shape index (κ2) is 7.17. The number of nitrogens with one attached hydrogen (secondary N) is 2. The van der Waals surface area contributed by atoms with Crippen molar-refractivity contribution >= 4 is 23.2 Å². The van der Waals surface area contributed by atoms with E-state index in [0.717, 1.165) is 25.3 Å². The molecule has 1 aliphatic rings. The van der Waals surface area contributed by atoms with Crippen LogP contribution in [0.1, 0.15) is 31.2 Å². The van der Waals surface area contributed by atoms with Crippen LogP contribution < -0.4 is 10.6 Å². The van der Waals surface area contributed by atoms with E-state index in [2.05, 4.69) is 15.6 Å². The molecule has 2 N–H and O–H groups in total. The molecule has 0 aliphatic heterocycles. The summed E-state index contributed by atoms with van der Waals surface area (Å²) in [6, 6.07) is 1.15. The molecule has 8 heteroatoms. The first-order chi connectivity index (χ1) is 10.4. The third kappa shape index (κ3) is 4.50. The zero-order valence-corrected chi connectivity index (χ0v) is 12.6. The number of amides is 1. The molecule has 0 radical (unpaired) electrons. The molecule has 1 aromatic heterocycles. The molecule has 4 nitrogen and oxygen atoms in total. The molecule has 1 aliphatic carbocycles. The molecule has 0 atom stereocenters. The number of carbonyl (C=O) groups excluding carboxylic acids is 1. The second-order valence-corrected chi connectivity index (χ2v) is 5.64. The van der Waals surface area contributed by atoms with Gasteiger partial charge in [0, 0.05) is 25.2 Å². The molecule has 0 saturated heterocycles. The van der Waals surface area contributed by atoms with Crippen LogP contribution in [0.2, 0.25) is 5.15 Å². The summed E-state index contributed by atoms with van der Waals surface area (Å²) in [7, 11) is 0. The number of hydrogen-bond donors (Lipinski definition) is 2. The predicted octanol–water partition coefficient (Wildman–Crippen LogP) is 3.47. The maximum Gasteiger partial charge on any atom is 0.419 e. The average molecular weight is 336 g/mol. The topological polar surface area (TPSA) is 54.0 Å².